The van der Waals surface area contributed by atoms with Crippen LogP contribution >= 0.6 is 0 Å². The fourth-order valence-corrected chi connectivity index (χ4v) is 4.52. The molecule has 0 saturated carbocycles. The molecule has 0 spiro atoms. The molecule has 0 aliphatic carbocycles. The Morgan fingerprint density at radius 2 is 2.14 bits per heavy atom. The Morgan fingerprint density at radius 1 is 1.22 bits per heavy atom. The van der Waals surface area contributed by atoms with Crippen molar-refractivity contribution in [2.24, 2.45) is 0 Å². The average molecular weight is 486 g/mol. The Morgan fingerprint density at radius 3 is 2.94 bits per heavy atom. The zero-order valence-electron chi connectivity index (χ0n) is 19.5. The number of piperazine rings is 1. The van der Waals surface area contributed by atoms with Gasteiger partial charge in [-0.1, -0.05) is 0 Å². The predicted octanol–water partition coefficient (Wildman–Crippen LogP) is 3.83. The second-order valence-corrected chi connectivity index (χ2v) is 8.68. The lowest BCUT2D eigenvalue weighted by atomic mass is 10.2. The maximum absolute atomic E-state index is 11.6. The normalized spacial score (nSPS) is 16.6. The van der Waals surface area contributed by atoms with Crippen molar-refractivity contribution < 1.29 is 19.4 Å². The van der Waals surface area contributed by atoms with Crippen LogP contribution in [0.25, 0.3) is 11.0 Å². The first-order valence-electron chi connectivity index (χ1n) is 11.5. The van der Waals surface area contributed by atoms with E-state index in [0.29, 0.717) is 53.8 Å². The van der Waals surface area contributed by atoms with Gasteiger partial charge >= 0.3 is 6.09 Å². The highest BCUT2D eigenvalue weighted by Crippen LogP contribution is 2.36. The Bertz CT molecular complexity index is 1450. The van der Waals surface area contributed by atoms with Crippen molar-refractivity contribution in [2.75, 3.05) is 36.5 Å². The molecule has 182 valence electrons. The molecule has 3 aromatic heterocycles. The number of aromatic nitrogens is 4. The summed E-state index contributed by atoms with van der Waals surface area (Å²) in [6.45, 7) is 3.69. The van der Waals surface area contributed by atoms with Crippen LogP contribution < -0.4 is 19.7 Å². The molecule has 2 bridgehead atoms. The van der Waals surface area contributed by atoms with E-state index in [-0.39, 0.29) is 12.6 Å². The molecular formula is C25H23N7O4. The summed E-state index contributed by atoms with van der Waals surface area (Å²) in [4.78, 5) is 32.9. The van der Waals surface area contributed by atoms with Crippen molar-refractivity contribution in [2.45, 2.75) is 13.0 Å². The van der Waals surface area contributed by atoms with Gasteiger partial charge in [0.05, 0.1) is 17.8 Å². The third-order valence-corrected chi connectivity index (χ3v) is 6.32. The van der Waals surface area contributed by atoms with Gasteiger partial charge in [-0.3, -0.25) is 9.88 Å². The molecule has 6 rings (SSSR count). The fraction of sp³-hybridized carbons (Fsp3) is 0.240. The highest BCUT2D eigenvalue weighted by atomic mass is 16.5. The quantitative estimate of drug-likeness (QED) is 0.440. The van der Waals surface area contributed by atoms with Crippen LogP contribution in [0.4, 0.5) is 22.1 Å². The van der Waals surface area contributed by atoms with Crippen molar-refractivity contribution in [3.63, 3.8) is 0 Å². The summed E-state index contributed by atoms with van der Waals surface area (Å²) < 4.78 is 11.9. The molecule has 11 nitrogen and oxygen atoms in total. The van der Waals surface area contributed by atoms with E-state index >= 15 is 0 Å². The Labute approximate surface area is 206 Å². The lowest BCUT2D eigenvalue weighted by molar-refractivity contribution is 0.101. The standard InChI is InChI=1S/C25H23N7O4/c1-15-9-16(4-5-20(15)36-18-3-2-6-26-11-18)29-23-22-19(27-14-28-23)10-21-24(30-22)31-7-8-32(25(33)34)17(12-31)13-35-21/h2-6,9-11,14,17H,7-8,12-13H2,1H3,(H,33,34)(H,27,28,29)/t17-/m0/s1. The molecule has 1 amide bonds. The van der Waals surface area contributed by atoms with Crippen LogP contribution in [0.15, 0.2) is 55.1 Å². The number of nitrogens with one attached hydrogen (secondary N) is 1. The van der Waals surface area contributed by atoms with E-state index in [1.807, 2.05) is 43.3 Å². The minimum absolute atomic E-state index is 0.257. The van der Waals surface area contributed by atoms with E-state index < -0.39 is 6.09 Å². The number of carboxylic acid groups (broad SMARTS) is 1. The van der Waals surface area contributed by atoms with Gasteiger partial charge in [0.15, 0.2) is 17.4 Å². The first-order valence-corrected chi connectivity index (χ1v) is 11.5. The van der Waals surface area contributed by atoms with Gasteiger partial charge in [0, 0.05) is 37.6 Å². The molecule has 36 heavy (non-hydrogen) atoms. The number of aryl methyl sites for hydroxylation is 1. The SMILES string of the molecule is Cc1cc(Nc2ncnc3cc4c(nc23)N2CCN(C(=O)O)[C@H](CO4)C2)ccc1Oc1cccnc1. The number of nitrogens with zero attached hydrogens (tertiary/aromatic N) is 6. The third-order valence-electron chi connectivity index (χ3n) is 6.32. The maximum Gasteiger partial charge on any atom is 0.407 e. The van der Waals surface area contributed by atoms with Gasteiger partial charge in [0.2, 0.25) is 0 Å². The van der Waals surface area contributed by atoms with Crippen LogP contribution in [0.1, 0.15) is 5.56 Å². The predicted molar refractivity (Wildman–Crippen MR) is 132 cm³/mol. The number of rotatable bonds is 4. The summed E-state index contributed by atoms with van der Waals surface area (Å²) in [5.74, 6) is 3.23. The van der Waals surface area contributed by atoms with Crippen LogP contribution in [-0.2, 0) is 0 Å². The zero-order valence-corrected chi connectivity index (χ0v) is 19.5. The second kappa shape index (κ2) is 8.84. The van der Waals surface area contributed by atoms with Crippen LogP contribution in [0.3, 0.4) is 0 Å². The van der Waals surface area contributed by atoms with Crippen molar-refractivity contribution in [3.05, 3.63) is 60.7 Å². The molecular weight excluding hydrogens is 462 g/mol. The number of benzene rings is 1. The summed E-state index contributed by atoms with van der Waals surface area (Å²) in [5.41, 5.74) is 3.01. The number of pyridine rings is 2. The van der Waals surface area contributed by atoms with Gasteiger partial charge in [-0.05, 0) is 42.8 Å². The average Bonchev–Trinajstić information content (AvgIpc) is 3.01. The zero-order chi connectivity index (χ0) is 24.6. The fourth-order valence-electron chi connectivity index (χ4n) is 4.52. The van der Waals surface area contributed by atoms with Crippen molar-refractivity contribution in [3.8, 4) is 17.2 Å². The number of anilines is 3. The number of carbonyl (C=O) groups is 1. The Hall–Kier alpha value is -4.67. The van der Waals surface area contributed by atoms with Crippen LogP contribution in [-0.4, -0.2) is 68.3 Å². The Balaban J connectivity index is 1.29. The van der Waals surface area contributed by atoms with E-state index in [4.69, 9.17) is 14.5 Å². The highest BCUT2D eigenvalue weighted by Gasteiger charge is 2.35. The van der Waals surface area contributed by atoms with E-state index in [1.54, 1.807) is 12.4 Å². The summed E-state index contributed by atoms with van der Waals surface area (Å²) in [7, 11) is 0. The molecule has 11 heteroatoms. The molecule has 1 atom stereocenters. The van der Waals surface area contributed by atoms with Crippen LogP contribution in [0.5, 0.6) is 17.2 Å². The maximum atomic E-state index is 11.6. The smallest absolute Gasteiger partial charge is 0.407 e. The van der Waals surface area contributed by atoms with E-state index in [2.05, 4.69) is 25.2 Å². The summed E-state index contributed by atoms with van der Waals surface area (Å²) in [5, 5.41) is 12.9. The largest absolute Gasteiger partial charge is 0.487 e. The van der Waals surface area contributed by atoms with Crippen LogP contribution in [0.2, 0.25) is 0 Å². The molecule has 0 radical (unpaired) electrons. The third kappa shape index (κ3) is 4.04. The molecule has 5 heterocycles. The van der Waals surface area contributed by atoms with E-state index in [0.717, 1.165) is 17.0 Å². The highest BCUT2D eigenvalue weighted by molar-refractivity contribution is 5.90. The molecule has 2 aliphatic heterocycles. The lowest BCUT2D eigenvalue weighted by Gasteiger charge is -2.37. The molecule has 1 saturated heterocycles. The van der Waals surface area contributed by atoms with Gasteiger partial charge in [-0.2, -0.15) is 0 Å². The molecule has 2 N–H and O–H groups in total. The monoisotopic (exact) mass is 485 g/mol. The van der Waals surface area contributed by atoms with Gasteiger partial charge in [0.25, 0.3) is 0 Å². The number of hydrogen-bond acceptors (Lipinski definition) is 9. The number of ether oxygens (including phenoxy) is 2. The number of fused-ring (bicyclic) bond motifs is 5. The summed E-state index contributed by atoms with van der Waals surface area (Å²) >= 11 is 0. The number of hydrogen-bond donors (Lipinski definition) is 2. The first-order chi connectivity index (χ1) is 17.5. The van der Waals surface area contributed by atoms with E-state index in [9.17, 15) is 9.90 Å². The molecule has 2 aliphatic rings. The number of amides is 1. The lowest BCUT2D eigenvalue weighted by Crippen LogP contribution is -2.56. The summed E-state index contributed by atoms with van der Waals surface area (Å²) in [6, 6.07) is 11.0. The van der Waals surface area contributed by atoms with Crippen molar-refractivity contribution >= 4 is 34.4 Å². The van der Waals surface area contributed by atoms with Gasteiger partial charge in [-0.25, -0.2) is 19.7 Å². The summed E-state index contributed by atoms with van der Waals surface area (Å²) in [6.07, 6.45) is 3.91. The molecule has 1 aromatic carbocycles. The topological polar surface area (TPSA) is 126 Å². The van der Waals surface area contributed by atoms with Crippen molar-refractivity contribution in [1.82, 2.24) is 24.8 Å². The molecule has 4 aromatic rings. The molecule has 0 unspecified atom stereocenters. The first kappa shape index (κ1) is 21.8. The van der Waals surface area contributed by atoms with Crippen LogP contribution in [0, 0.1) is 6.92 Å². The van der Waals surface area contributed by atoms with Crippen molar-refractivity contribution in [1.29, 1.82) is 0 Å². The minimum atomic E-state index is -0.933. The molecule has 1 fully saturated rings. The second-order valence-electron chi connectivity index (χ2n) is 8.68. The van der Waals surface area contributed by atoms with E-state index in [1.165, 1.54) is 11.2 Å². The van der Waals surface area contributed by atoms with Gasteiger partial charge in [0.1, 0.15) is 29.9 Å². The minimum Gasteiger partial charge on any atom is -0.487 e. The van der Waals surface area contributed by atoms with Gasteiger partial charge < -0.3 is 24.8 Å². The van der Waals surface area contributed by atoms with Gasteiger partial charge in [-0.15, -0.1) is 0 Å². The Kier molecular flexibility index (Phi) is 5.36.